The fraction of sp³-hybridized carbons (Fsp3) is 0.182. The molecule has 0 saturated heterocycles. The summed E-state index contributed by atoms with van der Waals surface area (Å²) in [7, 11) is 0. The predicted octanol–water partition coefficient (Wildman–Crippen LogP) is 5.87. The van der Waals surface area contributed by atoms with Crippen LogP contribution in [0.1, 0.15) is 24.8 Å². The number of non-ortho nitro benzene ring substituents is 1. The number of nitrogens with one attached hydrogen (secondary N) is 1. The van der Waals surface area contributed by atoms with Gasteiger partial charge in [0.15, 0.2) is 0 Å². The number of hydrogen-bond donors (Lipinski definition) is 1. The molecule has 3 aromatic rings. The van der Waals surface area contributed by atoms with Crippen molar-refractivity contribution < 1.29 is 9.66 Å². The van der Waals surface area contributed by atoms with Crippen LogP contribution in [0.15, 0.2) is 60.1 Å². The van der Waals surface area contributed by atoms with Gasteiger partial charge in [0.1, 0.15) is 22.4 Å². The molecule has 0 aliphatic rings. The van der Waals surface area contributed by atoms with Crippen LogP contribution in [-0.4, -0.2) is 16.5 Å². The molecule has 1 heterocycles. The molecule has 0 fully saturated rings. The molecule has 0 saturated carbocycles. The summed E-state index contributed by atoms with van der Waals surface area (Å²) in [5.41, 5.74) is 2.42. The molecule has 0 radical (unpaired) electrons. The maximum atomic E-state index is 11.0. The molecule has 8 heteroatoms. The first-order valence-corrected chi connectivity index (χ1v) is 10.3. The zero-order chi connectivity index (χ0) is 21.3. The van der Waals surface area contributed by atoms with Gasteiger partial charge in [-0.05, 0) is 30.7 Å². The van der Waals surface area contributed by atoms with E-state index in [-0.39, 0.29) is 5.69 Å². The summed E-state index contributed by atoms with van der Waals surface area (Å²) >= 11 is 1.31. The molecule has 1 N–H and O–H groups in total. The summed E-state index contributed by atoms with van der Waals surface area (Å²) < 4.78 is 5.64. The highest BCUT2D eigenvalue weighted by atomic mass is 32.1. The second-order valence-electron chi connectivity index (χ2n) is 6.39. The van der Waals surface area contributed by atoms with E-state index in [2.05, 4.69) is 23.3 Å². The van der Waals surface area contributed by atoms with Crippen molar-refractivity contribution in [2.45, 2.75) is 19.8 Å². The molecule has 0 aliphatic carbocycles. The van der Waals surface area contributed by atoms with Crippen LogP contribution in [0, 0.1) is 21.4 Å². The zero-order valence-corrected chi connectivity index (χ0v) is 17.2. The fourth-order valence-electron chi connectivity index (χ4n) is 2.59. The highest BCUT2D eigenvalue weighted by Crippen LogP contribution is 2.28. The molecule has 7 nitrogen and oxygen atoms in total. The highest BCUT2D eigenvalue weighted by Gasteiger charge is 2.12. The van der Waals surface area contributed by atoms with E-state index >= 15 is 0 Å². The molecule has 0 spiro atoms. The van der Waals surface area contributed by atoms with Gasteiger partial charge < -0.3 is 10.1 Å². The second-order valence-corrected chi connectivity index (χ2v) is 7.24. The lowest BCUT2D eigenvalue weighted by atomic mass is 10.1. The number of unbranched alkanes of at least 4 members (excludes halogenated alkanes) is 1. The number of thiazole rings is 1. The van der Waals surface area contributed by atoms with Gasteiger partial charge >= 0.3 is 0 Å². The SMILES string of the molecule is CCCCOc1ccc(N/C=C(/C#N)c2nc(-c3cccc([N+](=O)[O-])c3)cs2)cc1. The lowest BCUT2D eigenvalue weighted by Crippen LogP contribution is -1.96. The average molecular weight is 420 g/mol. The van der Waals surface area contributed by atoms with Gasteiger partial charge in [-0.15, -0.1) is 11.3 Å². The Morgan fingerprint density at radius 1 is 1.33 bits per heavy atom. The van der Waals surface area contributed by atoms with Crippen LogP contribution in [0.25, 0.3) is 16.8 Å². The molecule has 3 rings (SSSR count). The Balaban J connectivity index is 1.71. The first-order chi connectivity index (χ1) is 14.6. The van der Waals surface area contributed by atoms with Crippen molar-refractivity contribution in [1.29, 1.82) is 5.26 Å². The second kappa shape index (κ2) is 10.2. The number of anilines is 1. The highest BCUT2D eigenvalue weighted by molar-refractivity contribution is 7.11. The number of ether oxygens (including phenoxy) is 1. The quantitative estimate of drug-likeness (QED) is 0.201. The minimum Gasteiger partial charge on any atom is -0.494 e. The van der Waals surface area contributed by atoms with E-state index in [1.54, 1.807) is 23.7 Å². The predicted molar refractivity (Wildman–Crippen MR) is 118 cm³/mol. The number of nitriles is 1. The number of rotatable bonds is 9. The van der Waals surface area contributed by atoms with Crippen molar-refractivity contribution in [3.05, 3.63) is 75.2 Å². The van der Waals surface area contributed by atoms with Crippen LogP contribution in [0.3, 0.4) is 0 Å². The molecular weight excluding hydrogens is 400 g/mol. The van der Waals surface area contributed by atoms with E-state index in [9.17, 15) is 15.4 Å². The van der Waals surface area contributed by atoms with Crippen LogP contribution in [0.2, 0.25) is 0 Å². The topological polar surface area (TPSA) is 101 Å². The van der Waals surface area contributed by atoms with Gasteiger partial charge in [-0.25, -0.2) is 4.98 Å². The van der Waals surface area contributed by atoms with Crippen molar-refractivity contribution >= 4 is 28.3 Å². The zero-order valence-electron chi connectivity index (χ0n) is 16.4. The third-order valence-electron chi connectivity index (χ3n) is 4.21. The summed E-state index contributed by atoms with van der Waals surface area (Å²) in [6, 6.07) is 15.9. The van der Waals surface area contributed by atoms with E-state index in [0.717, 1.165) is 24.3 Å². The molecule has 0 unspecified atom stereocenters. The molecule has 30 heavy (non-hydrogen) atoms. The summed E-state index contributed by atoms with van der Waals surface area (Å²) in [6.45, 7) is 2.81. The molecule has 0 amide bonds. The summed E-state index contributed by atoms with van der Waals surface area (Å²) in [4.78, 5) is 15.0. The molecule has 0 bridgehead atoms. The van der Waals surface area contributed by atoms with Crippen molar-refractivity contribution in [2.24, 2.45) is 0 Å². The number of hydrogen-bond acceptors (Lipinski definition) is 7. The maximum absolute atomic E-state index is 11.0. The number of nitro groups is 1. The van der Waals surface area contributed by atoms with Gasteiger partial charge in [-0.1, -0.05) is 25.5 Å². The van der Waals surface area contributed by atoms with Crippen LogP contribution in [0.4, 0.5) is 11.4 Å². The molecular formula is C22H20N4O3S. The molecule has 2 aromatic carbocycles. The van der Waals surface area contributed by atoms with E-state index in [1.165, 1.54) is 23.5 Å². The Bertz CT molecular complexity index is 1080. The lowest BCUT2D eigenvalue weighted by molar-refractivity contribution is -0.384. The number of nitrogens with zero attached hydrogens (tertiary/aromatic N) is 3. The van der Waals surface area contributed by atoms with Crippen LogP contribution in [-0.2, 0) is 0 Å². The van der Waals surface area contributed by atoms with Gasteiger partial charge in [0.25, 0.3) is 5.69 Å². The average Bonchev–Trinajstić information content (AvgIpc) is 3.25. The van der Waals surface area contributed by atoms with E-state index < -0.39 is 4.92 Å². The van der Waals surface area contributed by atoms with Crippen molar-refractivity contribution in [2.75, 3.05) is 11.9 Å². The molecule has 1 aromatic heterocycles. The number of allylic oxidation sites excluding steroid dienone is 1. The number of nitro benzene ring substituents is 1. The van der Waals surface area contributed by atoms with Gasteiger partial charge in [-0.3, -0.25) is 10.1 Å². The summed E-state index contributed by atoms with van der Waals surface area (Å²) in [5, 5.41) is 25.9. The minimum absolute atomic E-state index is 0.00175. The normalized spacial score (nSPS) is 11.0. The Morgan fingerprint density at radius 2 is 2.13 bits per heavy atom. The van der Waals surface area contributed by atoms with E-state index in [4.69, 9.17) is 4.74 Å². The monoisotopic (exact) mass is 420 g/mol. The van der Waals surface area contributed by atoms with E-state index in [0.29, 0.717) is 28.4 Å². The first-order valence-electron chi connectivity index (χ1n) is 9.41. The van der Waals surface area contributed by atoms with Gasteiger partial charge in [0.2, 0.25) is 0 Å². The van der Waals surface area contributed by atoms with Crippen molar-refractivity contribution in [3.8, 4) is 23.1 Å². The lowest BCUT2D eigenvalue weighted by Gasteiger charge is -2.06. The standard InChI is InChI=1S/C22H20N4O3S/c1-2-3-11-29-20-9-7-18(8-10-20)24-14-17(13-23)22-25-21(15-30-22)16-5-4-6-19(12-16)26(27)28/h4-10,12,14-15,24H,2-3,11H2,1H3/b17-14-. The fourth-order valence-corrected chi connectivity index (χ4v) is 3.38. The maximum Gasteiger partial charge on any atom is 0.270 e. The van der Waals surface area contributed by atoms with Crippen LogP contribution < -0.4 is 10.1 Å². The third-order valence-corrected chi connectivity index (χ3v) is 5.09. The first kappa shape index (κ1) is 21.0. The number of aromatic nitrogens is 1. The minimum atomic E-state index is -0.443. The Hall–Kier alpha value is -3.70. The van der Waals surface area contributed by atoms with Gasteiger partial charge in [0, 0.05) is 35.0 Å². The Morgan fingerprint density at radius 3 is 2.83 bits per heavy atom. The van der Waals surface area contributed by atoms with Crippen LogP contribution in [0.5, 0.6) is 5.75 Å². The summed E-state index contributed by atoms with van der Waals surface area (Å²) in [5.74, 6) is 0.806. The molecule has 0 atom stereocenters. The Kier molecular flexibility index (Phi) is 7.14. The molecule has 152 valence electrons. The third kappa shape index (κ3) is 5.43. The largest absolute Gasteiger partial charge is 0.494 e. The van der Waals surface area contributed by atoms with Gasteiger partial charge in [-0.2, -0.15) is 5.26 Å². The number of benzene rings is 2. The summed E-state index contributed by atoms with van der Waals surface area (Å²) in [6.07, 6.45) is 3.70. The van der Waals surface area contributed by atoms with Crippen LogP contribution >= 0.6 is 11.3 Å². The smallest absolute Gasteiger partial charge is 0.270 e. The van der Waals surface area contributed by atoms with Crippen molar-refractivity contribution in [3.63, 3.8) is 0 Å². The van der Waals surface area contributed by atoms with E-state index in [1.807, 2.05) is 24.3 Å². The van der Waals surface area contributed by atoms with Gasteiger partial charge in [0.05, 0.1) is 17.2 Å². The van der Waals surface area contributed by atoms with Crippen molar-refractivity contribution in [1.82, 2.24) is 4.98 Å². The Labute approximate surface area is 178 Å². The molecule has 0 aliphatic heterocycles.